The fourth-order valence-corrected chi connectivity index (χ4v) is 2.30. The van der Waals surface area contributed by atoms with Crippen molar-refractivity contribution < 1.29 is 23.1 Å². The average Bonchev–Trinajstić information content (AvgIpc) is 2.83. The van der Waals surface area contributed by atoms with Crippen molar-refractivity contribution in [2.24, 2.45) is 0 Å². The van der Waals surface area contributed by atoms with Gasteiger partial charge >= 0.3 is 6.18 Å². The predicted molar refractivity (Wildman–Crippen MR) is 71.2 cm³/mol. The number of rotatable bonds is 3. The maximum absolute atomic E-state index is 12.6. The summed E-state index contributed by atoms with van der Waals surface area (Å²) in [6, 6.07) is 2.55. The predicted octanol–water partition coefficient (Wildman–Crippen LogP) is 1.81. The number of carbonyl (C=O) groups excluding carboxylic acids is 1. The summed E-state index contributed by atoms with van der Waals surface area (Å²) in [6.45, 7) is 0.895. The molecular formula is C13H14ClF3N2O2. The van der Waals surface area contributed by atoms with Gasteiger partial charge in [0, 0.05) is 13.1 Å². The van der Waals surface area contributed by atoms with E-state index in [0.717, 1.165) is 12.1 Å². The van der Waals surface area contributed by atoms with E-state index < -0.39 is 23.2 Å². The number of β-amino-alcohol motifs (C(OH)–C–C–N with tert-alkyl or cyclic N) is 1. The van der Waals surface area contributed by atoms with Crippen molar-refractivity contribution in [1.29, 1.82) is 0 Å². The number of halogens is 4. The van der Waals surface area contributed by atoms with Crippen LogP contribution in [0.15, 0.2) is 18.2 Å². The first kappa shape index (κ1) is 16.1. The van der Waals surface area contributed by atoms with E-state index in [1.54, 1.807) is 0 Å². The summed E-state index contributed by atoms with van der Waals surface area (Å²) in [4.78, 5) is 11.9. The topological polar surface area (TPSA) is 61.4 Å². The van der Waals surface area contributed by atoms with Crippen LogP contribution in [0.1, 0.15) is 22.3 Å². The lowest BCUT2D eigenvalue weighted by Crippen LogP contribution is -2.44. The minimum Gasteiger partial charge on any atom is -0.387 e. The van der Waals surface area contributed by atoms with Gasteiger partial charge in [-0.15, -0.1) is 0 Å². The third-order valence-corrected chi connectivity index (χ3v) is 3.67. The molecule has 0 aliphatic carbocycles. The molecule has 0 radical (unpaired) electrons. The van der Waals surface area contributed by atoms with Gasteiger partial charge in [-0.25, -0.2) is 0 Å². The van der Waals surface area contributed by atoms with E-state index in [1.807, 2.05) is 0 Å². The lowest BCUT2D eigenvalue weighted by Gasteiger charge is -2.21. The van der Waals surface area contributed by atoms with Crippen LogP contribution in [0.4, 0.5) is 13.2 Å². The first-order valence-corrected chi connectivity index (χ1v) is 6.67. The highest BCUT2D eigenvalue weighted by Crippen LogP contribution is 2.31. The van der Waals surface area contributed by atoms with Gasteiger partial charge in [-0.05, 0) is 31.2 Å². The highest BCUT2D eigenvalue weighted by molar-refractivity contribution is 6.33. The van der Waals surface area contributed by atoms with Gasteiger partial charge in [0.15, 0.2) is 0 Å². The van der Waals surface area contributed by atoms with E-state index in [0.29, 0.717) is 25.6 Å². The van der Waals surface area contributed by atoms with Crippen molar-refractivity contribution in [3.05, 3.63) is 34.3 Å². The fourth-order valence-electron chi connectivity index (χ4n) is 2.10. The Morgan fingerprint density at radius 1 is 1.48 bits per heavy atom. The quantitative estimate of drug-likeness (QED) is 0.795. The lowest BCUT2D eigenvalue weighted by molar-refractivity contribution is -0.137. The Hall–Kier alpha value is -1.31. The van der Waals surface area contributed by atoms with E-state index >= 15 is 0 Å². The summed E-state index contributed by atoms with van der Waals surface area (Å²) in [6.07, 6.45) is -4.09. The maximum atomic E-state index is 12.6. The molecule has 0 aromatic heterocycles. The second-order valence-electron chi connectivity index (χ2n) is 5.03. The standard InChI is InChI=1S/C13H14ClF3N2O2/c14-10-2-1-8(13(15,16)17)5-9(10)11(20)19-7-12(21)3-4-18-6-12/h1-2,5,18,21H,3-4,6-7H2,(H,19,20). The average molecular weight is 323 g/mol. The van der Waals surface area contributed by atoms with Crippen molar-refractivity contribution >= 4 is 17.5 Å². The lowest BCUT2D eigenvalue weighted by atomic mass is 10.0. The zero-order chi connectivity index (χ0) is 15.7. The van der Waals surface area contributed by atoms with Crippen molar-refractivity contribution in [3.63, 3.8) is 0 Å². The molecule has 0 bridgehead atoms. The van der Waals surface area contributed by atoms with Crippen LogP contribution < -0.4 is 10.6 Å². The normalized spacial score (nSPS) is 22.3. The zero-order valence-electron chi connectivity index (χ0n) is 10.9. The highest BCUT2D eigenvalue weighted by atomic mass is 35.5. The van der Waals surface area contributed by atoms with Crippen LogP contribution in [0.5, 0.6) is 0 Å². The molecule has 3 N–H and O–H groups in total. The van der Waals surface area contributed by atoms with Gasteiger partial charge in [0.05, 0.1) is 21.8 Å². The van der Waals surface area contributed by atoms with Gasteiger partial charge < -0.3 is 15.7 Å². The number of amides is 1. The SMILES string of the molecule is O=C(NCC1(O)CCNC1)c1cc(C(F)(F)F)ccc1Cl. The highest BCUT2D eigenvalue weighted by Gasteiger charge is 2.33. The van der Waals surface area contributed by atoms with E-state index in [1.165, 1.54) is 0 Å². The monoisotopic (exact) mass is 322 g/mol. The smallest absolute Gasteiger partial charge is 0.387 e. The fraction of sp³-hybridized carbons (Fsp3) is 0.462. The second-order valence-corrected chi connectivity index (χ2v) is 5.43. The van der Waals surface area contributed by atoms with Gasteiger partial charge in [0.1, 0.15) is 0 Å². The Morgan fingerprint density at radius 3 is 2.76 bits per heavy atom. The summed E-state index contributed by atoms with van der Waals surface area (Å²) < 4.78 is 37.9. The molecule has 1 atom stereocenters. The van der Waals surface area contributed by atoms with E-state index in [9.17, 15) is 23.1 Å². The van der Waals surface area contributed by atoms with Crippen LogP contribution in [0.2, 0.25) is 5.02 Å². The number of carbonyl (C=O) groups is 1. The Labute approximate surface area is 124 Å². The molecule has 21 heavy (non-hydrogen) atoms. The summed E-state index contributed by atoms with van der Waals surface area (Å²) in [7, 11) is 0. The molecule has 1 saturated heterocycles. The molecule has 2 rings (SSSR count). The van der Waals surface area contributed by atoms with Crippen LogP contribution in [-0.4, -0.2) is 36.2 Å². The number of benzene rings is 1. The van der Waals surface area contributed by atoms with Gasteiger partial charge in [-0.1, -0.05) is 11.6 Å². The molecule has 0 spiro atoms. The molecule has 1 aliphatic heterocycles. The van der Waals surface area contributed by atoms with Crippen molar-refractivity contribution in [3.8, 4) is 0 Å². The van der Waals surface area contributed by atoms with Gasteiger partial charge in [-0.3, -0.25) is 4.79 Å². The van der Waals surface area contributed by atoms with Crippen molar-refractivity contribution in [1.82, 2.24) is 10.6 Å². The third-order valence-electron chi connectivity index (χ3n) is 3.34. The van der Waals surface area contributed by atoms with Gasteiger partial charge in [0.25, 0.3) is 5.91 Å². The summed E-state index contributed by atoms with van der Waals surface area (Å²) in [5.74, 6) is -0.744. The second kappa shape index (κ2) is 5.82. The summed E-state index contributed by atoms with van der Waals surface area (Å²) in [5.41, 5.74) is -2.29. The Morgan fingerprint density at radius 2 is 2.19 bits per heavy atom. The molecule has 4 nitrogen and oxygen atoms in total. The number of alkyl halides is 3. The molecule has 1 heterocycles. The third kappa shape index (κ3) is 3.87. The Bertz CT molecular complexity index is 543. The van der Waals surface area contributed by atoms with E-state index in [-0.39, 0.29) is 17.1 Å². The van der Waals surface area contributed by atoms with Crippen molar-refractivity contribution in [2.45, 2.75) is 18.2 Å². The minimum absolute atomic E-state index is 0.0502. The van der Waals surface area contributed by atoms with E-state index in [4.69, 9.17) is 11.6 Å². The molecule has 8 heteroatoms. The molecule has 0 saturated carbocycles. The number of nitrogens with one attached hydrogen (secondary N) is 2. The number of aliphatic hydroxyl groups is 1. The molecule has 1 aliphatic rings. The molecule has 1 aromatic rings. The van der Waals surface area contributed by atoms with Crippen molar-refractivity contribution in [2.75, 3.05) is 19.6 Å². The number of hydrogen-bond donors (Lipinski definition) is 3. The maximum Gasteiger partial charge on any atom is 0.416 e. The molecule has 116 valence electrons. The van der Waals surface area contributed by atoms with Gasteiger partial charge in [-0.2, -0.15) is 13.2 Å². The van der Waals surface area contributed by atoms with Crippen LogP contribution >= 0.6 is 11.6 Å². The Balaban J connectivity index is 2.11. The molecule has 1 fully saturated rings. The first-order chi connectivity index (χ1) is 9.71. The Kier molecular flexibility index (Phi) is 4.46. The molecule has 1 amide bonds. The van der Waals surface area contributed by atoms with Gasteiger partial charge in [0.2, 0.25) is 0 Å². The molecule has 1 aromatic carbocycles. The largest absolute Gasteiger partial charge is 0.416 e. The minimum atomic E-state index is -4.55. The molecular weight excluding hydrogens is 309 g/mol. The van der Waals surface area contributed by atoms with Crippen LogP contribution in [0, 0.1) is 0 Å². The summed E-state index contributed by atoms with van der Waals surface area (Å²) in [5, 5.41) is 15.3. The first-order valence-electron chi connectivity index (χ1n) is 6.29. The van der Waals surface area contributed by atoms with Crippen LogP contribution in [0.25, 0.3) is 0 Å². The summed E-state index contributed by atoms with van der Waals surface area (Å²) >= 11 is 5.77. The van der Waals surface area contributed by atoms with E-state index in [2.05, 4.69) is 10.6 Å². The van der Waals surface area contributed by atoms with Crippen LogP contribution in [-0.2, 0) is 6.18 Å². The zero-order valence-corrected chi connectivity index (χ0v) is 11.7. The van der Waals surface area contributed by atoms with Crippen LogP contribution in [0.3, 0.4) is 0 Å². The number of hydrogen-bond acceptors (Lipinski definition) is 3. The molecule has 1 unspecified atom stereocenters.